The first-order valence-electron chi connectivity index (χ1n) is 9.72. The minimum atomic E-state index is -0.0616. The number of aryl methyl sites for hydroxylation is 1. The molecule has 0 N–H and O–H groups in total. The summed E-state index contributed by atoms with van der Waals surface area (Å²) in [7, 11) is 1.88. The van der Waals surface area contributed by atoms with Crippen LogP contribution in [0.3, 0.4) is 0 Å². The SMILES string of the molecule is Cn1cc2cc(-c3ccc4cc(C(=O)N5CCOC6(CC6)C5)sc4n3)cnc2n1. The van der Waals surface area contributed by atoms with E-state index in [2.05, 4.69) is 10.1 Å². The number of morpholine rings is 1. The summed E-state index contributed by atoms with van der Waals surface area (Å²) in [5.41, 5.74) is 2.45. The third-order valence-electron chi connectivity index (χ3n) is 5.71. The Hall–Kier alpha value is -2.84. The lowest BCUT2D eigenvalue weighted by Gasteiger charge is -2.32. The zero-order chi connectivity index (χ0) is 19.6. The zero-order valence-corrected chi connectivity index (χ0v) is 16.8. The molecule has 1 spiro atoms. The molecule has 146 valence electrons. The van der Waals surface area contributed by atoms with E-state index in [1.165, 1.54) is 11.3 Å². The number of amides is 1. The Balaban J connectivity index is 1.32. The van der Waals surface area contributed by atoms with Gasteiger partial charge in [-0.15, -0.1) is 11.3 Å². The highest BCUT2D eigenvalue weighted by Gasteiger charge is 2.48. The van der Waals surface area contributed by atoms with Crippen molar-refractivity contribution >= 4 is 38.5 Å². The molecule has 1 saturated heterocycles. The molecule has 5 heterocycles. The molecule has 0 aromatic carbocycles. The Morgan fingerprint density at radius 3 is 3.00 bits per heavy atom. The maximum atomic E-state index is 13.0. The minimum Gasteiger partial charge on any atom is -0.371 e. The number of carbonyl (C=O) groups is 1. The smallest absolute Gasteiger partial charge is 0.264 e. The Morgan fingerprint density at radius 2 is 2.14 bits per heavy atom. The fourth-order valence-corrected chi connectivity index (χ4v) is 4.97. The highest BCUT2D eigenvalue weighted by molar-refractivity contribution is 7.20. The molecule has 2 aliphatic rings. The first-order valence-corrected chi connectivity index (χ1v) is 10.5. The standard InChI is InChI=1S/C21H19N5O2S/c1-25-11-15-8-14(10-22-18(15)24-25)16-3-2-13-9-17(29-19(13)23-16)20(27)26-6-7-28-21(12-26)4-5-21/h2-3,8-11H,4-7,12H2,1H3. The maximum Gasteiger partial charge on any atom is 0.264 e. The third kappa shape index (κ3) is 2.90. The number of pyridine rings is 2. The van der Waals surface area contributed by atoms with Crippen LogP contribution in [0.25, 0.3) is 32.5 Å². The van der Waals surface area contributed by atoms with Crippen LogP contribution < -0.4 is 0 Å². The second kappa shape index (κ2) is 6.08. The fraction of sp³-hybridized carbons (Fsp3) is 0.333. The Kier molecular flexibility index (Phi) is 3.57. The van der Waals surface area contributed by atoms with E-state index in [0.29, 0.717) is 19.7 Å². The van der Waals surface area contributed by atoms with E-state index >= 15 is 0 Å². The Labute approximate surface area is 170 Å². The molecule has 0 bridgehead atoms. The zero-order valence-electron chi connectivity index (χ0n) is 16.0. The van der Waals surface area contributed by atoms with Gasteiger partial charge in [-0.3, -0.25) is 9.48 Å². The highest BCUT2D eigenvalue weighted by Crippen LogP contribution is 2.42. The lowest BCUT2D eigenvalue weighted by Crippen LogP contribution is -2.46. The highest BCUT2D eigenvalue weighted by atomic mass is 32.1. The summed E-state index contributed by atoms with van der Waals surface area (Å²) in [5.74, 6) is 0.0857. The van der Waals surface area contributed by atoms with E-state index in [4.69, 9.17) is 9.72 Å². The molecule has 1 saturated carbocycles. The lowest BCUT2D eigenvalue weighted by atomic mass is 10.1. The number of nitrogens with zero attached hydrogens (tertiary/aromatic N) is 5. The molecule has 1 aliphatic carbocycles. The van der Waals surface area contributed by atoms with Crippen molar-refractivity contribution < 1.29 is 9.53 Å². The summed E-state index contributed by atoms with van der Waals surface area (Å²) in [6, 6.07) is 8.01. The first kappa shape index (κ1) is 17.1. The van der Waals surface area contributed by atoms with Gasteiger partial charge in [0.05, 0.1) is 29.3 Å². The van der Waals surface area contributed by atoms with Gasteiger partial charge in [0.25, 0.3) is 5.91 Å². The summed E-state index contributed by atoms with van der Waals surface area (Å²) in [6.07, 6.45) is 5.86. The van der Waals surface area contributed by atoms with Crippen LogP contribution in [-0.4, -0.2) is 55.9 Å². The molecule has 1 amide bonds. The van der Waals surface area contributed by atoms with Crippen molar-refractivity contribution in [2.24, 2.45) is 7.05 Å². The van der Waals surface area contributed by atoms with Crippen LogP contribution in [0.4, 0.5) is 0 Å². The molecule has 0 unspecified atom stereocenters. The Morgan fingerprint density at radius 1 is 1.24 bits per heavy atom. The quantitative estimate of drug-likeness (QED) is 0.512. The normalized spacial score (nSPS) is 18.0. The summed E-state index contributed by atoms with van der Waals surface area (Å²) < 4.78 is 7.59. The number of hydrogen-bond acceptors (Lipinski definition) is 6. The van der Waals surface area contributed by atoms with E-state index in [1.807, 2.05) is 42.4 Å². The van der Waals surface area contributed by atoms with Gasteiger partial charge in [0.2, 0.25) is 0 Å². The molecule has 4 aromatic heterocycles. The molecule has 2 fully saturated rings. The number of ether oxygens (including phenoxy) is 1. The van der Waals surface area contributed by atoms with Gasteiger partial charge in [0.1, 0.15) is 4.83 Å². The van der Waals surface area contributed by atoms with Crippen molar-refractivity contribution in [3.8, 4) is 11.3 Å². The first-order chi connectivity index (χ1) is 14.1. The monoisotopic (exact) mass is 405 g/mol. The van der Waals surface area contributed by atoms with Gasteiger partial charge >= 0.3 is 0 Å². The molecule has 6 rings (SSSR count). The number of aromatic nitrogens is 4. The van der Waals surface area contributed by atoms with Crippen LogP contribution in [-0.2, 0) is 11.8 Å². The molecule has 0 radical (unpaired) electrons. The average Bonchev–Trinajstić information content (AvgIpc) is 3.16. The number of rotatable bonds is 2. The molecule has 7 nitrogen and oxygen atoms in total. The van der Waals surface area contributed by atoms with E-state index in [-0.39, 0.29) is 11.5 Å². The lowest BCUT2D eigenvalue weighted by molar-refractivity contribution is -0.0374. The van der Waals surface area contributed by atoms with Crippen molar-refractivity contribution in [1.82, 2.24) is 24.6 Å². The predicted molar refractivity (Wildman–Crippen MR) is 111 cm³/mol. The van der Waals surface area contributed by atoms with E-state index < -0.39 is 0 Å². The molecule has 29 heavy (non-hydrogen) atoms. The number of thiophene rings is 1. The second-order valence-electron chi connectivity index (χ2n) is 7.90. The van der Waals surface area contributed by atoms with Crippen LogP contribution in [0.5, 0.6) is 0 Å². The topological polar surface area (TPSA) is 73.1 Å². The Bertz CT molecular complexity index is 1270. The van der Waals surface area contributed by atoms with Gasteiger partial charge in [-0.05, 0) is 37.1 Å². The van der Waals surface area contributed by atoms with Gasteiger partial charge in [0.15, 0.2) is 5.65 Å². The van der Waals surface area contributed by atoms with Gasteiger partial charge < -0.3 is 9.64 Å². The molecule has 0 atom stereocenters. The second-order valence-corrected chi connectivity index (χ2v) is 8.93. The van der Waals surface area contributed by atoms with Gasteiger partial charge in [-0.1, -0.05) is 0 Å². The molecule has 4 aromatic rings. The molecule has 1 aliphatic heterocycles. The summed E-state index contributed by atoms with van der Waals surface area (Å²) in [4.78, 5) is 25.8. The van der Waals surface area contributed by atoms with E-state index in [9.17, 15) is 4.79 Å². The van der Waals surface area contributed by atoms with Gasteiger partial charge in [-0.25, -0.2) is 9.97 Å². The summed E-state index contributed by atoms with van der Waals surface area (Å²) >= 11 is 1.46. The van der Waals surface area contributed by atoms with Gasteiger partial charge in [0, 0.05) is 42.3 Å². The average molecular weight is 405 g/mol. The minimum absolute atomic E-state index is 0.0616. The van der Waals surface area contributed by atoms with E-state index in [0.717, 1.165) is 50.2 Å². The third-order valence-corrected chi connectivity index (χ3v) is 6.74. The van der Waals surface area contributed by atoms with Crippen molar-refractivity contribution in [2.75, 3.05) is 19.7 Å². The van der Waals surface area contributed by atoms with Crippen LogP contribution >= 0.6 is 11.3 Å². The van der Waals surface area contributed by atoms with Crippen LogP contribution in [0.2, 0.25) is 0 Å². The molecule has 8 heteroatoms. The van der Waals surface area contributed by atoms with Crippen molar-refractivity contribution in [3.63, 3.8) is 0 Å². The van der Waals surface area contributed by atoms with Crippen molar-refractivity contribution in [1.29, 1.82) is 0 Å². The van der Waals surface area contributed by atoms with E-state index in [1.54, 1.807) is 10.9 Å². The number of fused-ring (bicyclic) bond motifs is 2. The van der Waals surface area contributed by atoms with Crippen LogP contribution in [0.15, 0.2) is 36.7 Å². The summed E-state index contributed by atoms with van der Waals surface area (Å²) in [6.45, 7) is 1.99. The number of hydrogen-bond donors (Lipinski definition) is 0. The van der Waals surface area contributed by atoms with Crippen molar-refractivity contribution in [3.05, 3.63) is 41.5 Å². The van der Waals surface area contributed by atoms with Crippen molar-refractivity contribution in [2.45, 2.75) is 18.4 Å². The summed E-state index contributed by atoms with van der Waals surface area (Å²) in [5, 5.41) is 6.29. The maximum absolute atomic E-state index is 13.0. The fourth-order valence-electron chi connectivity index (χ4n) is 3.97. The predicted octanol–water partition coefficient (Wildman–Crippen LogP) is 3.25. The molecular weight excluding hydrogens is 386 g/mol. The van der Waals surface area contributed by atoms with Gasteiger partial charge in [-0.2, -0.15) is 5.10 Å². The van der Waals surface area contributed by atoms with Crippen LogP contribution in [0, 0.1) is 0 Å². The largest absolute Gasteiger partial charge is 0.371 e. The van der Waals surface area contributed by atoms with Crippen LogP contribution in [0.1, 0.15) is 22.5 Å². The molecular formula is C21H19N5O2S. The number of carbonyl (C=O) groups excluding carboxylic acids is 1.